The predicted octanol–water partition coefficient (Wildman–Crippen LogP) is 2.62. The second-order valence-corrected chi connectivity index (χ2v) is 5.39. The molecule has 0 spiro atoms. The summed E-state index contributed by atoms with van der Waals surface area (Å²) in [6.45, 7) is 1.81. The van der Waals surface area contributed by atoms with E-state index in [1.807, 2.05) is 21.0 Å². The maximum atomic E-state index is 13.8. The van der Waals surface area contributed by atoms with Gasteiger partial charge in [0.2, 0.25) is 0 Å². The fraction of sp³-hybridized carbons (Fsp3) is 0.250. The summed E-state index contributed by atoms with van der Waals surface area (Å²) >= 11 is 0. The fourth-order valence-corrected chi connectivity index (χ4v) is 2.12. The highest BCUT2D eigenvalue weighted by atomic mass is 19.1. The van der Waals surface area contributed by atoms with Gasteiger partial charge in [0.15, 0.2) is 11.6 Å². The zero-order valence-electron chi connectivity index (χ0n) is 13.6. The summed E-state index contributed by atoms with van der Waals surface area (Å²) in [7, 11) is 3.71. The number of fused-ring (bicyclic) bond motifs is 1. The molecule has 24 heavy (non-hydrogen) atoms. The summed E-state index contributed by atoms with van der Waals surface area (Å²) in [5.41, 5.74) is 0.696. The molecule has 0 aliphatic heterocycles. The van der Waals surface area contributed by atoms with Crippen molar-refractivity contribution in [2.45, 2.75) is 13.0 Å². The van der Waals surface area contributed by atoms with Crippen LogP contribution in [0.15, 0.2) is 41.5 Å². The van der Waals surface area contributed by atoms with Gasteiger partial charge in [0.25, 0.3) is 11.7 Å². The molecule has 0 N–H and O–H groups in total. The molecule has 7 nitrogen and oxygen atoms in total. The van der Waals surface area contributed by atoms with Crippen LogP contribution in [0, 0.1) is 5.82 Å². The lowest BCUT2D eigenvalue weighted by atomic mass is 10.2. The molecule has 1 atom stereocenters. The Morgan fingerprint density at radius 1 is 1.29 bits per heavy atom. The van der Waals surface area contributed by atoms with Gasteiger partial charge >= 0.3 is 0 Å². The number of aliphatic imine (C=N–C) groups is 1. The standard InChI is InChI=1S/C16H17FN6O/c1-11(24-14-7-5-4-6-12(14)17)13-8-9-18-16-20-15(21-23(13)16)19-10-22(2)3/h4-11H,1-3H3/t11-/m1/s1. The molecule has 3 aromatic rings. The van der Waals surface area contributed by atoms with E-state index in [4.69, 9.17) is 4.74 Å². The van der Waals surface area contributed by atoms with Gasteiger partial charge < -0.3 is 9.64 Å². The highest BCUT2D eigenvalue weighted by molar-refractivity contribution is 5.58. The number of hydrogen-bond donors (Lipinski definition) is 0. The first-order valence-electron chi connectivity index (χ1n) is 7.38. The maximum absolute atomic E-state index is 13.8. The van der Waals surface area contributed by atoms with Crippen LogP contribution in [0.2, 0.25) is 0 Å². The normalized spacial score (nSPS) is 12.7. The van der Waals surface area contributed by atoms with Crippen LogP contribution in [-0.2, 0) is 0 Å². The SMILES string of the molecule is C[C@@H](Oc1ccccc1F)c1ccnc2nc(N=CN(C)C)nn12. The minimum atomic E-state index is -0.445. The van der Waals surface area contributed by atoms with Crippen molar-refractivity contribution in [3.8, 4) is 5.75 Å². The van der Waals surface area contributed by atoms with Crippen LogP contribution < -0.4 is 4.74 Å². The number of para-hydroxylation sites is 1. The van der Waals surface area contributed by atoms with E-state index in [0.717, 1.165) is 0 Å². The summed E-state index contributed by atoms with van der Waals surface area (Å²) in [5, 5.41) is 4.31. The number of aromatic nitrogens is 4. The first kappa shape index (κ1) is 15.9. The van der Waals surface area contributed by atoms with E-state index >= 15 is 0 Å². The molecule has 0 saturated carbocycles. The summed E-state index contributed by atoms with van der Waals surface area (Å²) in [5.74, 6) is 0.467. The molecule has 0 amide bonds. The topological polar surface area (TPSA) is 67.9 Å². The number of ether oxygens (including phenoxy) is 1. The minimum absolute atomic E-state index is 0.181. The summed E-state index contributed by atoms with van der Waals surface area (Å²) in [6, 6.07) is 8.03. The number of nitrogens with zero attached hydrogens (tertiary/aromatic N) is 6. The van der Waals surface area contributed by atoms with E-state index in [1.165, 1.54) is 6.07 Å². The first-order chi connectivity index (χ1) is 11.5. The summed E-state index contributed by atoms with van der Waals surface area (Å²) in [6.07, 6.45) is 2.77. The molecule has 0 aliphatic rings. The van der Waals surface area contributed by atoms with Crippen LogP contribution in [0.5, 0.6) is 5.75 Å². The van der Waals surface area contributed by atoms with Crippen molar-refractivity contribution in [3.63, 3.8) is 0 Å². The third-order valence-electron chi connectivity index (χ3n) is 3.22. The van der Waals surface area contributed by atoms with E-state index in [1.54, 1.807) is 46.2 Å². The smallest absolute Gasteiger partial charge is 0.272 e. The minimum Gasteiger partial charge on any atom is -0.481 e. The molecule has 0 aliphatic carbocycles. The third kappa shape index (κ3) is 3.32. The van der Waals surface area contributed by atoms with E-state index in [2.05, 4.69) is 20.1 Å². The number of benzene rings is 1. The molecule has 0 unspecified atom stereocenters. The van der Waals surface area contributed by atoms with Gasteiger partial charge in [-0.05, 0) is 25.1 Å². The van der Waals surface area contributed by atoms with Gasteiger partial charge in [-0.15, -0.1) is 5.10 Å². The van der Waals surface area contributed by atoms with Crippen molar-refractivity contribution >= 4 is 18.1 Å². The van der Waals surface area contributed by atoms with Gasteiger partial charge in [-0.1, -0.05) is 12.1 Å². The van der Waals surface area contributed by atoms with Crippen LogP contribution in [-0.4, -0.2) is 44.9 Å². The van der Waals surface area contributed by atoms with Crippen LogP contribution >= 0.6 is 0 Å². The van der Waals surface area contributed by atoms with Crippen molar-refractivity contribution in [2.75, 3.05) is 14.1 Å². The lowest BCUT2D eigenvalue weighted by Crippen LogP contribution is -2.10. The average Bonchev–Trinajstić information content (AvgIpc) is 2.98. The molecule has 2 heterocycles. The van der Waals surface area contributed by atoms with Crippen LogP contribution in [0.4, 0.5) is 10.3 Å². The van der Waals surface area contributed by atoms with Gasteiger partial charge in [0.1, 0.15) is 6.10 Å². The second-order valence-electron chi connectivity index (χ2n) is 5.39. The Morgan fingerprint density at radius 2 is 2.08 bits per heavy atom. The first-order valence-corrected chi connectivity index (χ1v) is 7.38. The summed E-state index contributed by atoms with van der Waals surface area (Å²) in [4.78, 5) is 14.3. The monoisotopic (exact) mass is 328 g/mol. The summed E-state index contributed by atoms with van der Waals surface area (Å²) < 4.78 is 21.0. The van der Waals surface area contributed by atoms with E-state index in [9.17, 15) is 4.39 Å². The van der Waals surface area contributed by atoms with Crippen LogP contribution in [0.25, 0.3) is 5.78 Å². The zero-order chi connectivity index (χ0) is 17.1. The molecular weight excluding hydrogens is 311 g/mol. The van der Waals surface area contributed by atoms with E-state index in [0.29, 0.717) is 17.4 Å². The van der Waals surface area contributed by atoms with Gasteiger partial charge in [0.05, 0.1) is 12.0 Å². The Bertz CT molecular complexity index is 876. The molecule has 2 aromatic heterocycles. The predicted molar refractivity (Wildman–Crippen MR) is 88.1 cm³/mol. The van der Waals surface area contributed by atoms with Gasteiger partial charge in [-0.3, -0.25) is 0 Å². The Hall–Kier alpha value is -3.03. The van der Waals surface area contributed by atoms with Gasteiger partial charge in [0, 0.05) is 20.3 Å². The number of hydrogen-bond acceptors (Lipinski definition) is 5. The van der Waals surface area contributed by atoms with Crippen molar-refractivity contribution in [1.29, 1.82) is 0 Å². The van der Waals surface area contributed by atoms with Gasteiger partial charge in [-0.25, -0.2) is 14.4 Å². The Balaban J connectivity index is 1.92. The van der Waals surface area contributed by atoms with Crippen molar-refractivity contribution < 1.29 is 9.13 Å². The van der Waals surface area contributed by atoms with E-state index in [-0.39, 0.29) is 5.75 Å². The van der Waals surface area contributed by atoms with Gasteiger partial charge in [-0.2, -0.15) is 9.50 Å². The van der Waals surface area contributed by atoms with Crippen molar-refractivity contribution in [1.82, 2.24) is 24.5 Å². The van der Waals surface area contributed by atoms with E-state index < -0.39 is 11.9 Å². The zero-order valence-corrected chi connectivity index (χ0v) is 13.6. The highest BCUT2D eigenvalue weighted by Crippen LogP contribution is 2.24. The lowest BCUT2D eigenvalue weighted by Gasteiger charge is -2.15. The molecule has 0 fully saturated rings. The second kappa shape index (κ2) is 6.61. The largest absolute Gasteiger partial charge is 0.481 e. The Labute approximate surface area is 138 Å². The molecule has 0 radical (unpaired) electrons. The Morgan fingerprint density at radius 3 is 2.83 bits per heavy atom. The molecule has 0 saturated heterocycles. The van der Waals surface area contributed by atoms with Crippen LogP contribution in [0.1, 0.15) is 18.7 Å². The van der Waals surface area contributed by atoms with Crippen molar-refractivity contribution in [3.05, 3.63) is 48.0 Å². The molecule has 3 rings (SSSR count). The molecular formula is C16H17FN6O. The van der Waals surface area contributed by atoms with Crippen LogP contribution in [0.3, 0.4) is 0 Å². The Kier molecular flexibility index (Phi) is 4.37. The molecule has 0 bridgehead atoms. The van der Waals surface area contributed by atoms with Crippen molar-refractivity contribution in [2.24, 2.45) is 4.99 Å². The molecule has 124 valence electrons. The fourth-order valence-electron chi connectivity index (χ4n) is 2.12. The number of rotatable bonds is 5. The maximum Gasteiger partial charge on any atom is 0.272 e. The molecule has 8 heteroatoms. The quantitative estimate of drug-likeness (QED) is 0.532. The molecule has 1 aromatic carbocycles. The average molecular weight is 328 g/mol. The lowest BCUT2D eigenvalue weighted by molar-refractivity contribution is 0.209. The third-order valence-corrected chi connectivity index (χ3v) is 3.22. The highest BCUT2D eigenvalue weighted by Gasteiger charge is 2.16. The number of halogens is 1.